The minimum absolute atomic E-state index is 0.0686. The van der Waals surface area contributed by atoms with Gasteiger partial charge in [0.15, 0.2) is 11.5 Å². The Morgan fingerprint density at radius 1 is 1.19 bits per heavy atom. The molecular formula is C26H30N4O5S. The molecule has 0 spiro atoms. The van der Waals surface area contributed by atoms with Gasteiger partial charge in [-0.05, 0) is 69.5 Å². The van der Waals surface area contributed by atoms with Gasteiger partial charge in [-0.25, -0.2) is 18.1 Å². The van der Waals surface area contributed by atoms with Crippen molar-refractivity contribution in [1.82, 2.24) is 14.7 Å². The van der Waals surface area contributed by atoms with E-state index in [-0.39, 0.29) is 27.4 Å². The molecule has 36 heavy (non-hydrogen) atoms. The second-order valence-corrected chi connectivity index (χ2v) is 11.3. The van der Waals surface area contributed by atoms with Gasteiger partial charge in [0.05, 0.1) is 24.1 Å². The Morgan fingerprint density at radius 2 is 1.94 bits per heavy atom. The van der Waals surface area contributed by atoms with E-state index in [1.807, 2.05) is 4.90 Å². The number of carbonyl (C=O) groups excluding carboxylic acids is 1. The van der Waals surface area contributed by atoms with Crippen molar-refractivity contribution in [2.45, 2.75) is 44.6 Å². The molecule has 0 radical (unpaired) electrons. The normalized spacial score (nSPS) is 17.1. The highest BCUT2D eigenvalue weighted by atomic mass is 32.2. The first-order valence-corrected chi connectivity index (χ1v) is 13.1. The molecule has 1 aromatic carbocycles. The van der Waals surface area contributed by atoms with Crippen LogP contribution >= 0.6 is 0 Å². The molecule has 10 heteroatoms. The van der Waals surface area contributed by atoms with Crippen LogP contribution in [-0.2, 0) is 10.0 Å². The van der Waals surface area contributed by atoms with Gasteiger partial charge in [-0.2, -0.15) is 0 Å². The lowest BCUT2D eigenvalue weighted by Gasteiger charge is -2.34. The number of phenols is 1. The molecule has 2 aromatic heterocycles. The number of hydrogen-bond acceptors (Lipinski definition) is 8. The summed E-state index contributed by atoms with van der Waals surface area (Å²) in [5.41, 5.74) is 0.948. The molecule has 9 nitrogen and oxygen atoms in total. The van der Waals surface area contributed by atoms with E-state index in [9.17, 15) is 18.3 Å². The van der Waals surface area contributed by atoms with Crippen LogP contribution in [0.15, 0.2) is 53.6 Å². The van der Waals surface area contributed by atoms with E-state index in [4.69, 9.17) is 9.72 Å². The zero-order valence-electron chi connectivity index (χ0n) is 20.9. The highest BCUT2D eigenvalue weighted by Crippen LogP contribution is 2.40. The fourth-order valence-electron chi connectivity index (χ4n) is 4.82. The molecule has 0 aliphatic carbocycles. The summed E-state index contributed by atoms with van der Waals surface area (Å²) >= 11 is 0. The summed E-state index contributed by atoms with van der Waals surface area (Å²) in [6.07, 6.45) is 2.36. The predicted molar refractivity (Wildman–Crippen MR) is 137 cm³/mol. The first-order chi connectivity index (χ1) is 16.9. The molecule has 4 rings (SSSR count). The molecule has 0 unspecified atom stereocenters. The maximum Gasteiger partial charge on any atom is 0.268 e. The number of sulfonamides is 1. The van der Waals surface area contributed by atoms with Crippen molar-refractivity contribution < 1.29 is 23.1 Å². The number of aromatic nitrogens is 2. The highest BCUT2D eigenvalue weighted by Gasteiger charge is 2.39. The lowest BCUT2D eigenvalue weighted by Crippen LogP contribution is -2.41. The van der Waals surface area contributed by atoms with Crippen molar-refractivity contribution in [3.8, 4) is 22.8 Å². The molecule has 1 atom stereocenters. The molecule has 1 saturated heterocycles. The SMILES string of the molecule is COc1cccc(-c2ccc(C(=O)NS(=O)(=O)c3cccnc3C)c(N3C[C@@H](C)CC3(C)C)n2)c1O. The van der Waals surface area contributed by atoms with Crippen molar-refractivity contribution in [3.63, 3.8) is 0 Å². The maximum atomic E-state index is 13.4. The standard InChI is InChI=1S/C26H30N4O5S/c1-16-14-26(3,4)30(15-16)24-19(25(32)29-36(33,34)22-10-7-13-27-17(22)2)11-12-20(28-24)18-8-6-9-21(35-5)23(18)31/h6-13,16,31H,14-15H2,1-5H3,(H,29,32)/t16-/m0/s1. The third kappa shape index (κ3) is 4.73. The van der Waals surface area contributed by atoms with Gasteiger partial charge in [-0.1, -0.05) is 13.0 Å². The zero-order chi connectivity index (χ0) is 26.3. The predicted octanol–water partition coefficient (Wildman–Crippen LogP) is 3.91. The van der Waals surface area contributed by atoms with Gasteiger partial charge in [-0.3, -0.25) is 9.78 Å². The third-order valence-corrected chi connectivity index (χ3v) is 7.88. The van der Waals surface area contributed by atoms with Crippen LogP contribution in [0.2, 0.25) is 0 Å². The van der Waals surface area contributed by atoms with Gasteiger partial charge < -0.3 is 14.7 Å². The quantitative estimate of drug-likeness (QED) is 0.512. The van der Waals surface area contributed by atoms with Crippen LogP contribution in [0.3, 0.4) is 0 Å². The van der Waals surface area contributed by atoms with Crippen LogP contribution in [0, 0.1) is 12.8 Å². The Hall–Kier alpha value is -3.66. The van der Waals surface area contributed by atoms with Crippen LogP contribution in [0.5, 0.6) is 11.5 Å². The summed E-state index contributed by atoms with van der Waals surface area (Å²) < 4.78 is 33.4. The van der Waals surface area contributed by atoms with E-state index in [2.05, 4.69) is 30.5 Å². The van der Waals surface area contributed by atoms with Crippen LogP contribution in [0.4, 0.5) is 5.82 Å². The summed E-state index contributed by atoms with van der Waals surface area (Å²) in [4.78, 5) is 24.1. The molecule has 1 fully saturated rings. The second-order valence-electron chi connectivity index (χ2n) is 9.68. The average Bonchev–Trinajstić information content (AvgIpc) is 3.10. The number of nitrogens with zero attached hydrogens (tertiary/aromatic N) is 3. The minimum Gasteiger partial charge on any atom is -0.504 e. The Balaban J connectivity index is 1.81. The smallest absolute Gasteiger partial charge is 0.268 e. The summed E-state index contributed by atoms with van der Waals surface area (Å²) in [5, 5.41) is 10.7. The number of methoxy groups -OCH3 is 1. The number of ether oxygens (including phenoxy) is 1. The van der Waals surface area contributed by atoms with Crippen molar-refractivity contribution in [3.05, 3.63) is 59.9 Å². The Morgan fingerprint density at radius 3 is 2.58 bits per heavy atom. The Kier molecular flexibility index (Phi) is 6.66. The lowest BCUT2D eigenvalue weighted by molar-refractivity contribution is 0.0981. The number of nitrogens with one attached hydrogen (secondary N) is 1. The number of aromatic hydroxyl groups is 1. The van der Waals surface area contributed by atoms with Gasteiger partial charge in [0.25, 0.3) is 15.9 Å². The highest BCUT2D eigenvalue weighted by molar-refractivity contribution is 7.90. The van der Waals surface area contributed by atoms with Gasteiger partial charge in [0, 0.05) is 23.8 Å². The van der Waals surface area contributed by atoms with E-state index < -0.39 is 15.9 Å². The van der Waals surface area contributed by atoms with Crippen molar-refractivity contribution in [2.75, 3.05) is 18.6 Å². The second kappa shape index (κ2) is 9.42. The van der Waals surface area contributed by atoms with Crippen LogP contribution in [0.25, 0.3) is 11.3 Å². The molecular weight excluding hydrogens is 480 g/mol. The number of benzene rings is 1. The monoisotopic (exact) mass is 510 g/mol. The third-order valence-electron chi connectivity index (χ3n) is 6.42. The lowest BCUT2D eigenvalue weighted by atomic mass is 9.97. The first-order valence-electron chi connectivity index (χ1n) is 11.6. The first kappa shape index (κ1) is 25.4. The Labute approximate surface area is 211 Å². The van der Waals surface area contributed by atoms with E-state index in [0.29, 0.717) is 35.3 Å². The van der Waals surface area contributed by atoms with Crippen LogP contribution in [0.1, 0.15) is 43.2 Å². The molecule has 3 heterocycles. The number of aryl methyl sites for hydroxylation is 1. The van der Waals surface area contributed by atoms with Gasteiger partial charge in [-0.15, -0.1) is 0 Å². The summed E-state index contributed by atoms with van der Waals surface area (Å²) in [6, 6.07) is 11.1. The number of hydrogen-bond donors (Lipinski definition) is 2. The van der Waals surface area contributed by atoms with Gasteiger partial charge in [0.2, 0.25) is 0 Å². The number of amides is 1. The van der Waals surface area contributed by atoms with E-state index >= 15 is 0 Å². The average molecular weight is 511 g/mol. The zero-order valence-corrected chi connectivity index (χ0v) is 21.8. The van der Waals surface area contributed by atoms with Gasteiger partial charge >= 0.3 is 0 Å². The Bertz CT molecular complexity index is 1420. The molecule has 0 bridgehead atoms. The van der Waals surface area contributed by atoms with Crippen molar-refractivity contribution >= 4 is 21.7 Å². The van der Waals surface area contributed by atoms with Crippen molar-refractivity contribution in [1.29, 1.82) is 0 Å². The summed E-state index contributed by atoms with van der Waals surface area (Å²) in [5.74, 6) is 0.121. The van der Waals surface area contributed by atoms with E-state index in [0.717, 1.165) is 6.42 Å². The maximum absolute atomic E-state index is 13.4. The van der Waals surface area contributed by atoms with Crippen LogP contribution in [-0.4, -0.2) is 48.6 Å². The number of anilines is 1. The minimum atomic E-state index is -4.16. The molecule has 1 amide bonds. The largest absolute Gasteiger partial charge is 0.504 e. The molecule has 0 saturated carbocycles. The van der Waals surface area contributed by atoms with E-state index in [1.165, 1.54) is 31.5 Å². The molecule has 2 N–H and O–H groups in total. The fraction of sp³-hybridized carbons (Fsp3) is 0.346. The number of carbonyl (C=O) groups is 1. The molecule has 1 aliphatic heterocycles. The number of phenolic OH excluding ortho intramolecular Hbond substituents is 1. The van der Waals surface area contributed by atoms with Crippen LogP contribution < -0.4 is 14.4 Å². The fourth-order valence-corrected chi connectivity index (χ4v) is 5.98. The molecule has 190 valence electrons. The molecule has 1 aliphatic rings. The summed E-state index contributed by atoms with van der Waals surface area (Å²) in [6.45, 7) is 8.45. The van der Waals surface area contributed by atoms with Crippen molar-refractivity contribution in [2.24, 2.45) is 5.92 Å². The van der Waals surface area contributed by atoms with E-state index in [1.54, 1.807) is 31.2 Å². The van der Waals surface area contributed by atoms with Gasteiger partial charge in [0.1, 0.15) is 10.7 Å². The number of pyridine rings is 2. The number of para-hydroxylation sites is 1. The molecule has 3 aromatic rings. The topological polar surface area (TPSA) is 122 Å². The number of rotatable bonds is 6. The summed E-state index contributed by atoms with van der Waals surface area (Å²) in [7, 11) is -2.70.